The summed E-state index contributed by atoms with van der Waals surface area (Å²) < 4.78 is 6.73. The van der Waals surface area contributed by atoms with Gasteiger partial charge in [-0.1, -0.05) is 0 Å². The molecule has 1 amide bonds. The minimum atomic E-state index is -0.274. The maximum absolute atomic E-state index is 13.2. The monoisotopic (exact) mass is 433 g/mol. The minimum Gasteiger partial charge on any atom is -0.497 e. The molecule has 4 rings (SSSR count). The van der Waals surface area contributed by atoms with Gasteiger partial charge in [0.05, 0.1) is 24.6 Å². The lowest BCUT2D eigenvalue weighted by atomic mass is 9.90. The van der Waals surface area contributed by atoms with Crippen LogP contribution in [0.5, 0.6) is 5.75 Å². The lowest BCUT2D eigenvalue weighted by Crippen LogP contribution is -2.42. The molecule has 0 saturated carbocycles. The van der Waals surface area contributed by atoms with Crippen molar-refractivity contribution in [1.29, 1.82) is 0 Å². The number of Topliss-reactive ketones (excluding diaryl/α,β-unsaturated/α-hetero) is 1. The van der Waals surface area contributed by atoms with Crippen LogP contribution in [0.4, 0.5) is 5.82 Å². The van der Waals surface area contributed by atoms with Crippen LogP contribution in [0.1, 0.15) is 35.2 Å². The third-order valence-corrected chi connectivity index (χ3v) is 5.91. The molecule has 166 valence electrons. The van der Waals surface area contributed by atoms with Crippen LogP contribution >= 0.6 is 0 Å². The number of likely N-dealkylation sites (tertiary alicyclic amines) is 1. The largest absolute Gasteiger partial charge is 0.497 e. The molecule has 0 unspecified atom stereocenters. The van der Waals surface area contributed by atoms with E-state index in [0.717, 1.165) is 29.8 Å². The Kier molecular flexibility index (Phi) is 6.49. The summed E-state index contributed by atoms with van der Waals surface area (Å²) >= 11 is 0. The number of piperidine rings is 1. The summed E-state index contributed by atoms with van der Waals surface area (Å²) in [6.45, 7) is 1.10. The number of ether oxygens (including phenoxy) is 1. The molecular weight excluding hydrogens is 406 g/mol. The van der Waals surface area contributed by atoms with Crippen molar-refractivity contribution in [3.63, 3.8) is 0 Å². The molecule has 1 aliphatic rings. The maximum atomic E-state index is 13.2. The first-order chi connectivity index (χ1) is 15.6. The highest BCUT2D eigenvalue weighted by molar-refractivity contribution is 6.02. The highest BCUT2D eigenvalue weighted by Crippen LogP contribution is 2.26. The average molecular weight is 434 g/mol. The van der Waals surface area contributed by atoms with Crippen LogP contribution < -0.4 is 10.5 Å². The van der Waals surface area contributed by atoms with Crippen molar-refractivity contribution in [2.75, 3.05) is 25.9 Å². The summed E-state index contributed by atoms with van der Waals surface area (Å²) in [6, 6.07) is 11.1. The Balaban J connectivity index is 1.41. The molecule has 2 N–H and O–H groups in total. The van der Waals surface area contributed by atoms with Gasteiger partial charge in [-0.2, -0.15) is 5.10 Å². The van der Waals surface area contributed by atoms with Crippen molar-refractivity contribution >= 4 is 17.5 Å². The van der Waals surface area contributed by atoms with Gasteiger partial charge in [0.2, 0.25) is 5.91 Å². The number of rotatable bonds is 7. The lowest BCUT2D eigenvalue weighted by molar-refractivity contribution is -0.132. The van der Waals surface area contributed by atoms with Gasteiger partial charge in [-0.3, -0.25) is 14.6 Å². The predicted octanol–water partition coefficient (Wildman–Crippen LogP) is 2.91. The first-order valence-corrected chi connectivity index (χ1v) is 10.8. The van der Waals surface area contributed by atoms with E-state index >= 15 is 0 Å². The van der Waals surface area contributed by atoms with E-state index in [0.29, 0.717) is 37.3 Å². The van der Waals surface area contributed by atoms with Crippen LogP contribution in [0.15, 0.2) is 55.0 Å². The molecule has 1 saturated heterocycles. The fraction of sp³-hybridized carbons (Fsp3) is 0.333. The van der Waals surface area contributed by atoms with Gasteiger partial charge >= 0.3 is 0 Å². The number of anilines is 1. The SMILES string of the molecule is COc1ccc(-n2ncc(C(=O)[C@@H]3CCCN(C(=O)CCc4ccncc4)C3)c2N)cc1. The van der Waals surface area contributed by atoms with Gasteiger partial charge in [0.15, 0.2) is 5.78 Å². The fourth-order valence-electron chi connectivity index (χ4n) is 4.07. The average Bonchev–Trinajstić information content (AvgIpc) is 3.24. The Labute approximate surface area is 187 Å². The molecule has 0 radical (unpaired) electrons. The smallest absolute Gasteiger partial charge is 0.222 e. The molecule has 1 fully saturated rings. The van der Waals surface area contributed by atoms with Gasteiger partial charge in [-0.05, 0) is 61.2 Å². The third kappa shape index (κ3) is 4.64. The van der Waals surface area contributed by atoms with Gasteiger partial charge in [-0.15, -0.1) is 0 Å². The number of nitrogens with two attached hydrogens (primary N) is 1. The number of nitrogens with zero attached hydrogens (tertiary/aromatic N) is 4. The van der Waals surface area contributed by atoms with E-state index in [1.807, 2.05) is 36.4 Å². The Morgan fingerprint density at radius 3 is 2.62 bits per heavy atom. The number of hydrogen-bond acceptors (Lipinski definition) is 6. The van der Waals surface area contributed by atoms with Crippen LogP contribution in [0.3, 0.4) is 0 Å². The number of nitrogen functional groups attached to an aromatic ring is 1. The van der Waals surface area contributed by atoms with Crippen LogP contribution in [-0.4, -0.2) is 51.6 Å². The number of carbonyl (C=O) groups excluding carboxylic acids is 2. The normalized spacial score (nSPS) is 16.0. The molecule has 2 aromatic heterocycles. The summed E-state index contributed by atoms with van der Waals surface area (Å²) in [5.41, 5.74) is 8.51. The standard InChI is InChI=1S/C24H27N5O3/c1-32-20-7-5-19(6-8-20)29-24(25)21(15-27-29)23(31)18-3-2-14-28(16-18)22(30)9-4-17-10-12-26-13-11-17/h5-8,10-13,15,18H,2-4,9,14,16,25H2,1H3/t18-/m1/s1. The molecule has 0 aliphatic carbocycles. The van der Waals surface area contributed by atoms with Gasteiger partial charge in [0.1, 0.15) is 11.6 Å². The van der Waals surface area contributed by atoms with E-state index in [1.54, 1.807) is 29.1 Å². The van der Waals surface area contributed by atoms with Gasteiger partial charge < -0.3 is 15.4 Å². The van der Waals surface area contributed by atoms with Crippen molar-refractivity contribution in [3.8, 4) is 11.4 Å². The number of carbonyl (C=O) groups is 2. The second-order valence-electron chi connectivity index (χ2n) is 7.95. The molecule has 8 heteroatoms. The summed E-state index contributed by atoms with van der Waals surface area (Å²) in [7, 11) is 1.60. The van der Waals surface area contributed by atoms with E-state index in [9.17, 15) is 9.59 Å². The molecule has 0 bridgehead atoms. The highest BCUT2D eigenvalue weighted by atomic mass is 16.5. The van der Waals surface area contributed by atoms with E-state index in [1.165, 1.54) is 6.20 Å². The van der Waals surface area contributed by atoms with Crippen LogP contribution in [0.2, 0.25) is 0 Å². The number of methoxy groups -OCH3 is 1. The number of aromatic nitrogens is 3. The summed E-state index contributed by atoms with van der Waals surface area (Å²) in [6.07, 6.45) is 7.59. The number of ketones is 1. The van der Waals surface area contributed by atoms with Crippen molar-refractivity contribution in [3.05, 3.63) is 66.1 Å². The quantitative estimate of drug-likeness (QED) is 0.575. The number of amides is 1. The molecule has 8 nitrogen and oxygen atoms in total. The first-order valence-electron chi connectivity index (χ1n) is 10.8. The van der Waals surface area contributed by atoms with Gasteiger partial charge in [-0.25, -0.2) is 4.68 Å². The van der Waals surface area contributed by atoms with E-state index in [-0.39, 0.29) is 17.6 Å². The molecule has 1 aliphatic heterocycles. The molecule has 32 heavy (non-hydrogen) atoms. The second-order valence-corrected chi connectivity index (χ2v) is 7.95. The molecule has 0 spiro atoms. The van der Waals surface area contributed by atoms with E-state index < -0.39 is 0 Å². The van der Waals surface area contributed by atoms with Crippen LogP contribution in [0, 0.1) is 5.92 Å². The van der Waals surface area contributed by atoms with E-state index in [2.05, 4.69) is 10.1 Å². The number of benzene rings is 1. The van der Waals surface area contributed by atoms with E-state index in [4.69, 9.17) is 10.5 Å². The van der Waals surface area contributed by atoms with Crippen molar-refractivity contribution < 1.29 is 14.3 Å². The number of pyridine rings is 1. The number of aryl methyl sites for hydroxylation is 1. The highest BCUT2D eigenvalue weighted by Gasteiger charge is 2.31. The maximum Gasteiger partial charge on any atom is 0.222 e. The van der Waals surface area contributed by atoms with Crippen LogP contribution in [0.25, 0.3) is 5.69 Å². The van der Waals surface area contributed by atoms with Crippen molar-refractivity contribution in [2.24, 2.45) is 5.92 Å². The number of hydrogen-bond donors (Lipinski definition) is 1. The zero-order chi connectivity index (χ0) is 22.5. The Bertz CT molecular complexity index is 1080. The zero-order valence-corrected chi connectivity index (χ0v) is 18.1. The predicted molar refractivity (Wildman–Crippen MR) is 121 cm³/mol. The molecular formula is C24H27N5O3. The van der Waals surface area contributed by atoms with Crippen molar-refractivity contribution in [2.45, 2.75) is 25.7 Å². The van der Waals surface area contributed by atoms with Crippen molar-refractivity contribution in [1.82, 2.24) is 19.7 Å². The minimum absolute atomic E-state index is 0.0612. The summed E-state index contributed by atoms with van der Waals surface area (Å²) in [5.74, 6) is 0.771. The van der Waals surface area contributed by atoms with Gasteiger partial charge in [0, 0.05) is 37.8 Å². The summed E-state index contributed by atoms with van der Waals surface area (Å²) in [4.78, 5) is 31.8. The second kappa shape index (κ2) is 9.64. The third-order valence-electron chi connectivity index (χ3n) is 5.91. The Morgan fingerprint density at radius 1 is 1.16 bits per heavy atom. The Hall–Kier alpha value is -3.68. The zero-order valence-electron chi connectivity index (χ0n) is 18.1. The van der Waals surface area contributed by atoms with Gasteiger partial charge in [0.25, 0.3) is 0 Å². The molecule has 1 aromatic carbocycles. The molecule has 1 atom stereocenters. The Morgan fingerprint density at radius 2 is 1.91 bits per heavy atom. The molecule has 3 heterocycles. The molecule has 3 aromatic rings. The first kappa shape index (κ1) is 21.5. The topological polar surface area (TPSA) is 103 Å². The van der Waals surface area contributed by atoms with Crippen LogP contribution in [-0.2, 0) is 11.2 Å². The lowest BCUT2D eigenvalue weighted by Gasteiger charge is -2.32. The fourth-order valence-corrected chi connectivity index (χ4v) is 4.07. The summed E-state index contributed by atoms with van der Waals surface area (Å²) in [5, 5.41) is 4.32.